The summed E-state index contributed by atoms with van der Waals surface area (Å²) < 4.78 is 0. The molecular formula is C13H30N2. The van der Waals surface area contributed by atoms with E-state index in [1.807, 2.05) is 7.05 Å². The summed E-state index contributed by atoms with van der Waals surface area (Å²) in [6.45, 7) is 12.8. The molecule has 0 aliphatic carbocycles. The highest BCUT2D eigenvalue weighted by molar-refractivity contribution is 4.67. The molecule has 1 unspecified atom stereocenters. The van der Waals surface area contributed by atoms with Crippen LogP contribution >= 0.6 is 0 Å². The van der Waals surface area contributed by atoms with E-state index in [9.17, 15) is 0 Å². The van der Waals surface area contributed by atoms with Crippen molar-refractivity contribution in [2.45, 2.75) is 40.5 Å². The van der Waals surface area contributed by atoms with Crippen molar-refractivity contribution in [2.75, 3.05) is 33.7 Å². The zero-order chi connectivity index (χ0) is 11.9. The summed E-state index contributed by atoms with van der Waals surface area (Å²) in [5.41, 5.74) is 0.475. The summed E-state index contributed by atoms with van der Waals surface area (Å²) in [5.74, 6) is 0.835. The van der Waals surface area contributed by atoms with Gasteiger partial charge in [-0.1, -0.05) is 27.7 Å². The largest absolute Gasteiger partial charge is 0.318 e. The molecule has 0 bridgehead atoms. The van der Waals surface area contributed by atoms with Crippen molar-refractivity contribution in [1.82, 2.24) is 10.2 Å². The summed E-state index contributed by atoms with van der Waals surface area (Å²) in [7, 11) is 4.22. The van der Waals surface area contributed by atoms with Crippen LogP contribution in [0.1, 0.15) is 40.5 Å². The van der Waals surface area contributed by atoms with Crippen LogP contribution in [0, 0.1) is 11.3 Å². The average molecular weight is 214 g/mol. The molecule has 15 heavy (non-hydrogen) atoms. The number of hydrogen-bond acceptors (Lipinski definition) is 2. The molecule has 1 atom stereocenters. The van der Waals surface area contributed by atoms with E-state index >= 15 is 0 Å². The summed E-state index contributed by atoms with van der Waals surface area (Å²) >= 11 is 0. The van der Waals surface area contributed by atoms with Gasteiger partial charge in [0.15, 0.2) is 0 Å². The third-order valence-corrected chi connectivity index (χ3v) is 2.71. The number of nitrogens with one attached hydrogen (secondary N) is 1. The summed E-state index contributed by atoms with van der Waals surface area (Å²) in [4.78, 5) is 2.41. The minimum absolute atomic E-state index is 0.475. The highest BCUT2D eigenvalue weighted by Gasteiger charge is 2.15. The SMILES string of the molecule is CNCCN(C)CCC(C)CC(C)(C)C. The van der Waals surface area contributed by atoms with Crippen LogP contribution in [0.4, 0.5) is 0 Å². The van der Waals surface area contributed by atoms with Crippen LogP contribution in [0.15, 0.2) is 0 Å². The zero-order valence-electron chi connectivity index (χ0n) is 11.6. The molecule has 0 radical (unpaired) electrons. The van der Waals surface area contributed by atoms with Crippen molar-refractivity contribution in [3.63, 3.8) is 0 Å². The average Bonchev–Trinajstić information content (AvgIpc) is 2.08. The summed E-state index contributed by atoms with van der Waals surface area (Å²) in [5, 5.41) is 3.18. The van der Waals surface area contributed by atoms with E-state index in [4.69, 9.17) is 0 Å². The van der Waals surface area contributed by atoms with Gasteiger partial charge in [0.2, 0.25) is 0 Å². The quantitative estimate of drug-likeness (QED) is 0.701. The van der Waals surface area contributed by atoms with Crippen molar-refractivity contribution in [1.29, 1.82) is 0 Å². The van der Waals surface area contributed by atoms with E-state index in [2.05, 4.69) is 45.0 Å². The molecule has 0 aliphatic heterocycles. The van der Waals surface area contributed by atoms with E-state index in [1.54, 1.807) is 0 Å². The van der Waals surface area contributed by atoms with E-state index in [1.165, 1.54) is 19.4 Å². The van der Waals surface area contributed by atoms with E-state index in [0.717, 1.165) is 19.0 Å². The van der Waals surface area contributed by atoms with Crippen LogP contribution in [-0.2, 0) is 0 Å². The second-order valence-corrected chi connectivity index (χ2v) is 6.07. The molecule has 0 fully saturated rings. The van der Waals surface area contributed by atoms with Crippen molar-refractivity contribution < 1.29 is 0 Å². The van der Waals surface area contributed by atoms with Gasteiger partial charge in [0, 0.05) is 13.1 Å². The predicted octanol–water partition coefficient (Wildman–Crippen LogP) is 2.60. The van der Waals surface area contributed by atoms with Crippen LogP contribution in [0.2, 0.25) is 0 Å². The van der Waals surface area contributed by atoms with Gasteiger partial charge in [0.25, 0.3) is 0 Å². The molecule has 0 aromatic heterocycles. The summed E-state index contributed by atoms with van der Waals surface area (Å²) in [6, 6.07) is 0. The van der Waals surface area contributed by atoms with Gasteiger partial charge >= 0.3 is 0 Å². The van der Waals surface area contributed by atoms with Gasteiger partial charge in [-0.15, -0.1) is 0 Å². The Bertz CT molecular complexity index is 149. The second kappa shape index (κ2) is 7.24. The van der Waals surface area contributed by atoms with Crippen LogP contribution < -0.4 is 5.32 Å². The summed E-state index contributed by atoms with van der Waals surface area (Å²) in [6.07, 6.45) is 2.64. The molecule has 92 valence electrons. The Kier molecular flexibility index (Phi) is 7.20. The lowest BCUT2D eigenvalue weighted by molar-refractivity contribution is 0.256. The Hall–Kier alpha value is -0.0800. The molecule has 2 nitrogen and oxygen atoms in total. The fourth-order valence-electron chi connectivity index (χ4n) is 2.00. The fraction of sp³-hybridized carbons (Fsp3) is 1.00. The molecule has 0 rings (SSSR count). The topological polar surface area (TPSA) is 15.3 Å². The highest BCUT2D eigenvalue weighted by Crippen LogP contribution is 2.25. The molecule has 0 saturated carbocycles. The standard InChI is InChI=1S/C13H30N2/c1-12(11-13(2,3)4)7-9-15(6)10-8-14-5/h12,14H,7-11H2,1-6H3. The van der Waals surface area contributed by atoms with Crippen molar-refractivity contribution in [3.8, 4) is 0 Å². The van der Waals surface area contributed by atoms with Crippen molar-refractivity contribution in [3.05, 3.63) is 0 Å². The van der Waals surface area contributed by atoms with Crippen LogP contribution in [-0.4, -0.2) is 38.6 Å². The van der Waals surface area contributed by atoms with Gasteiger partial charge < -0.3 is 10.2 Å². The lowest BCUT2D eigenvalue weighted by Gasteiger charge is -2.25. The van der Waals surface area contributed by atoms with Crippen LogP contribution in [0.25, 0.3) is 0 Å². The van der Waals surface area contributed by atoms with Crippen LogP contribution in [0.5, 0.6) is 0 Å². The minimum atomic E-state index is 0.475. The van der Waals surface area contributed by atoms with Gasteiger partial charge in [0.1, 0.15) is 0 Å². The van der Waals surface area contributed by atoms with E-state index in [0.29, 0.717) is 5.41 Å². The maximum Gasteiger partial charge on any atom is 0.0104 e. The first-order valence-electron chi connectivity index (χ1n) is 6.18. The molecule has 0 saturated heterocycles. The maximum absolute atomic E-state index is 3.18. The Labute approximate surface area is 96.4 Å². The maximum atomic E-state index is 3.18. The molecular weight excluding hydrogens is 184 g/mol. The zero-order valence-corrected chi connectivity index (χ0v) is 11.6. The first kappa shape index (κ1) is 14.9. The van der Waals surface area contributed by atoms with E-state index < -0.39 is 0 Å². The van der Waals surface area contributed by atoms with Crippen molar-refractivity contribution >= 4 is 0 Å². The lowest BCUT2D eigenvalue weighted by Crippen LogP contribution is -2.29. The Morgan fingerprint density at radius 2 is 1.80 bits per heavy atom. The molecule has 0 spiro atoms. The van der Waals surface area contributed by atoms with Crippen LogP contribution in [0.3, 0.4) is 0 Å². The normalized spacial score (nSPS) is 14.6. The first-order chi connectivity index (χ1) is 6.85. The van der Waals surface area contributed by atoms with Gasteiger partial charge in [-0.3, -0.25) is 0 Å². The monoisotopic (exact) mass is 214 g/mol. The molecule has 0 aromatic carbocycles. The fourth-order valence-corrected chi connectivity index (χ4v) is 2.00. The molecule has 0 aliphatic rings. The van der Waals surface area contributed by atoms with Gasteiger partial charge in [-0.25, -0.2) is 0 Å². The number of hydrogen-bond donors (Lipinski definition) is 1. The minimum Gasteiger partial charge on any atom is -0.318 e. The smallest absolute Gasteiger partial charge is 0.0104 e. The number of likely N-dealkylation sites (N-methyl/N-ethyl adjacent to an activating group) is 2. The molecule has 0 amide bonds. The predicted molar refractivity (Wildman–Crippen MR) is 69.3 cm³/mol. The molecule has 1 N–H and O–H groups in total. The highest BCUT2D eigenvalue weighted by atomic mass is 15.1. The van der Waals surface area contributed by atoms with Gasteiger partial charge in [-0.05, 0) is 44.8 Å². The number of rotatable bonds is 7. The van der Waals surface area contributed by atoms with E-state index in [-0.39, 0.29) is 0 Å². The van der Waals surface area contributed by atoms with Crippen molar-refractivity contribution in [2.24, 2.45) is 11.3 Å². The number of nitrogens with zero attached hydrogens (tertiary/aromatic N) is 1. The lowest BCUT2D eigenvalue weighted by atomic mass is 9.84. The Morgan fingerprint density at radius 3 is 2.27 bits per heavy atom. The third-order valence-electron chi connectivity index (χ3n) is 2.71. The molecule has 0 heterocycles. The molecule has 0 aromatic rings. The molecule has 2 heteroatoms. The first-order valence-corrected chi connectivity index (χ1v) is 6.18. The Balaban J connectivity index is 3.57. The second-order valence-electron chi connectivity index (χ2n) is 6.07. The third kappa shape index (κ3) is 10.2. The van der Waals surface area contributed by atoms with Gasteiger partial charge in [-0.2, -0.15) is 0 Å². The van der Waals surface area contributed by atoms with Gasteiger partial charge in [0.05, 0.1) is 0 Å². The Morgan fingerprint density at radius 1 is 1.20 bits per heavy atom.